The topological polar surface area (TPSA) is 39.1 Å². The number of nitrogens with zero attached hydrogens (tertiary/aromatic N) is 2. The number of aromatic nitrogens is 2. The molecule has 3 heterocycles. The highest BCUT2D eigenvalue weighted by Gasteiger charge is 2.33. The van der Waals surface area contributed by atoms with Crippen LogP contribution < -0.4 is 5.32 Å². The molecule has 2 atom stereocenters. The first-order valence-corrected chi connectivity index (χ1v) is 8.44. The van der Waals surface area contributed by atoms with Crippen molar-refractivity contribution < 1.29 is 4.74 Å². The zero-order chi connectivity index (χ0) is 14.8. The first kappa shape index (κ1) is 14.8. The van der Waals surface area contributed by atoms with Crippen LogP contribution >= 0.6 is 11.3 Å². The molecule has 21 heavy (non-hydrogen) atoms. The summed E-state index contributed by atoms with van der Waals surface area (Å²) in [6, 6.07) is 2.18. The van der Waals surface area contributed by atoms with Crippen molar-refractivity contribution in [1.82, 2.24) is 15.1 Å². The van der Waals surface area contributed by atoms with Gasteiger partial charge in [0.05, 0.1) is 11.8 Å². The van der Waals surface area contributed by atoms with Crippen LogP contribution in [-0.4, -0.2) is 22.9 Å². The van der Waals surface area contributed by atoms with E-state index in [2.05, 4.69) is 41.1 Å². The van der Waals surface area contributed by atoms with Gasteiger partial charge in [0.2, 0.25) is 0 Å². The molecule has 5 heteroatoms. The van der Waals surface area contributed by atoms with Crippen LogP contribution in [0, 0.1) is 19.8 Å². The van der Waals surface area contributed by atoms with Gasteiger partial charge in [-0.15, -0.1) is 0 Å². The molecular weight excluding hydrogens is 282 g/mol. The van der Waals surface area contributed by atoms with Crippen molar-refractivity contribution in [1.29, 1.82) is 0 Å². The number of hydrogen-bond acceptors (Lipinski definition) is 4. The van der Waals surface area contributed by atoms with Crippen molar-refractivity contribution in [3.8, 4) is 0 Å². The Balaban J connectivity index is 1.65. The molecule has 1 N–H and O–H groups in total. The lowest BCUT2D eigenvalue weighted by Gasteiger charge is -2.19. The van der Waals surface area contributed by atoms with Crippen LogP contribution in [0.15, 0.2) is 16.8 Å². The summed E-state index contributed by atoms with van der Waals surface area (Å²) in [6.45, 7) is 7.00. The van der Waals surface area contributed by atoms with E-state index in [1.807, 2.05) is 11.7 Å². The second-order valence-electron chi connectivity index (χ2n) is 5.81. The molecular formula is C16H23N3OS. The molecule has 114 valence electrons. The number of aryl methyl sites for hydroxylation is 2. The van der Waals surface area contributed by atoms with E-state index < -0.39 is 0 Å². The Morgan fingerprint density at radius 3 is 3.00 bits per heavy atom. The molecule has 4 nitrogen and oxygen atoms in total. The Labute approximate surface area is 130 Å². The molecule has 0 saturated carbocycles. The maximum Gasteiger partial charge on any atom is 0.0901 e. The molecule has 3 rings (SSSR count). The van der Waals surface area contributed by atoms with Crippen LogP contribution in [0.25, 0.3) is 0 Å². The van der Waals surface area contributed by atoms with Crippen molar-refractivity contribution in [2.45, 2.75) is 32.9 Å². The monoisotopic (exact) mass is 305 g/mol. The van der Waals surface area contributed by atoms with Crippen LogP contribution in [0.3, 0.4) is 0 Å². The van der Waals surface area contributed by atoms with Gasteiger partial charge in [-0.25, -0.2) is 0 Å². The summed E-state index contributed by atoms with van der Waals surface area (Å²) in [7, 11) is 2.00. The molecule has 1 fully saturated rings. The molecule has 0 bridgehead atoms. The average Bonchev–Trinajstić information content (AvgIpc) is 3.15. The van der Waals surface area contributed by atoms with Gasteiger partial charge in [0.1, 0.15) is 0 Å². The molecule has 0 aromatic carbocycles. The van der Waals surface area contributed by atoms with E-state index in [0.717, 1.165) is 31.8 Å². The number of rotatable bonds is 5. The van der Waals surface area contributed by atoms with Crippen LogP contribution in [0.1, 0.15) is 35.0 Å². The number of hydrogen-bond donors (Lipinski definition) is 1. The van der Waals surface area contributed by atoms with Gasteiger partial charge in [0.15, 0.2) is 0 Å². The van der Waals surface area contributed by atoms with Gasteiger partial charge in [0, 0.05) is 43.9 Å². The molecule has 0 radical (unpaired) electrons. The number of thiophene rings is 1. The Bertz CT molecular complexity index is 591. The molecule has 2 aromatic rings. The van der Waals surface area contributed by atoms with Crippen molar-refractivity contribution >= 4 is 11.3 Å². The Morgan fingerprint density at radius 2 is 2.33 bits per heavy atom. The SMILES string of the molecule is Cc1nn(C)c(C)c1[C@H]1OCC[C@H]1CNCc1ccsc1. The largest absolute Gasteiger partial charge is 0.373 e. The Hall–Kier alpha value is -1.17. The molecule has 0 aliphatic carbocycles. The summed E-state index contributed by atoms with van der Waals surface area (Å²) in [6.07, 6.45) is 1.31. The predicted octanol–water partition coefficient (Wildman–Crippen LogP) is 2.97. The summed E-state index contributed by atoms with van der Waals surface area (Å²) in [5.41, 5.74) is 4.98. The van der Waals surface area contributed by atoms with Crippen molar-refractivity contribution in [3.63, 3.8) is 0 Å². The first-order chi connectivity index (χ1) is 10.2. The lowest BCUT2D eigenvalue weighted by atomic mass is 9.94. The molecule has 1 saturated heterocycles. The van der Waals surface area contributed by atoms with E-state index in [1.165, 1.54) is 16.8 Å². The average molecular weight is 305 g/mol. The van der Waals surface area contributed by atoms with Crippen molar-refractivity contribution in [3.05, 3.63) is 39.3 Å². The van der Waals surface area contributed by atoms with Gasteiger partial charge in [-0.05, 0) is 42.7 Å². The Morgan fingerprint density at radius 1 is 1.48 bits per heavy atom. The van der Waals surface area contributed by atoms with Gasteiger partial charge in [-0.1, -0.05) is 0 Å². The lowest BCUT2D eigenvalue weighted by molar-refractivity contribution is 0.0893. The van der Waals surface area contributed by atoms with Gasteiger partial charge >= 0.3 is 0 Å². The minimum atomic E-state index is 0.189. The van der Waals surface area contributed by atoms with E-state index in [0.29, 0.717) is 5.92 Å². The lowest BCUT2D eigenvalue weighted by Crippen LogP contribution is -2.25. The van der Waals surface area contributed by atoms with Crippen LogP contribution in [0.2, 0.25) is 0 Å². The fourth-order valence-electron chi connectivity index (χ4n) is 3.16. The summed E-state index contributed by atoms with van der Waals surface area (Å²) in [5, 5.41) is 12.4. The van der Waals surface area contributed by atoms with Crippen molar-refractivity contribution in [2.75, 3.05) is 13.2 Å². The molecule has 0 spiro atoms. The normalized spacial score (nSPS) is 22.0. The third-order valence-electron chi connectivity index (χ3n) is 4.38. The maximum absolute atomic E-state index is 6.02. The van der Waals surface area contributed by atoms with Crippen molar-refractivity contribution in [2.24, 2.45) is 13.0 Å². The minimum Gasteiger partial charge on any atom is -0.373 e. The summed E-state index contributed by atoms with van der Waals surface area (Å²) < 4.78 is 7.98. The molecule has 2 aromatic heterocycles. The smallest absolute Gasteiger partial charge is 0.0901 e. The van der Waals surface area contributed by atoms with Crippen LogP contribution in [0.5, 0.6) is 0 Å². The van der Waals surface area contributed by atoms with E-state index in [-0.39, 0.29) is 6.10 Å². The van der Waals surface area contributed by atoms with E-state index in [9.17, 15) is 0 Å². The molecule has 0 amide bonds. The first-order valence-electron chi connectivity index (χ1n) is 7.50. The standard InChI is InChI=1S/C16H23N3OS/c1-11-15(12(2)19(3)18-11)16-14(4-6-20-16)9-17-8-13-5-7-21-10-13/h5,7,10,14,16-17H,4,6,8-9H2,1-3H3/t14-,16-/m0/s1. The summed E-state index contributed by atoms with van der Waals surface area (Å²) >= 11 is 1.75. The summed E-state index contributed by atoms with van der Waals surface area (Å²) in [5.74, 6) is 0.533. The minimum absolute atomic E-state index is 0.189. The quantitative estimate of drug-likeness (QED) is 0.923. The van der Waals surface area contributed by atoms with E-state index in [1.54, 1.807) is 11.3 Å². The number of ether oxygens (including phenoxy) is 1. The second-order valence-corrected chi connectivity index (χ2v) is 6.59. The number of nitrogens with one attached hydrogen (secondary N) is 1. The van der Waals surface area contributed by atoms with Gasteiger partial charge in [-0.2, -0.15) is 16.4 Å². The molecule has 1 aliphatic rings. The third kappa shape index (κ3) is 3.05. The van der Waals surface area contributed by atoms with Gasteiger partial charge in [0.25, 0.3) is 0 Å². The predicted molar refractivity (Wildman–Crippen MR) is 85.5 cm³/mol. The highest BCUT2D eigenvalue weighted by molar-refractivity contribution is 7.07. The van der Waals surface area contributed by atoms with E-state index >= 15 is 0 Å². The zero-order valence-electron chi connectivity index (χ0n) is 12.9. The molecule has 1 aliphatic heterocycles. The summed E-state index contributed by atoms with van der Waals surface area (Å²) in [4.78, 5) is 0. The van der Waals surface area contributed by atoms with Crippen LogP contribution in [0.4, 0.5) is 0 Å². The van der Waals surface area contributed by atoms with Crippen LogP contribution in [-0.2, 0) is 18.3 Å². The second kappa shape index (κ2) is 6.30. The van der Waals surface area contributed by atoms with Gasteiger partial charge < -0.3 is 10.1 Å². The van der Waals surface area contributed by atoms with E-state index in [4.69, 9.17) is 4.74 Å². The van der Waals surface area contributed by atoms with Gasteiger partial charge in [-0.3, -0.25) is 4.68 Å². The zero-order valence-corrected chi connectivity index (χ0v) is 13.7. The fraction of sp³-hybridized carbons (Fsp3) is 0.562. The third-order valence-corrected chi connectivity index (χ3v) is 5.11. The Kier molecular flexibility index (Phi) is 4.42. The molecule has 0 unspecified atom stereocenters. The fourth-order valence-corrected chi connectivity index (χ4v) is 3.83. The highest BCUT2D eigenvalue weighted by atomic mass is 32.1. The maximum atomic E-state index is 6.02. The highest BCUT2D eigenvalue weighted by Crippen LogP contribution is 2.37.